The summed E-state index contributed by atoms with van der Waals surface area (Å²) in [5.41, 5.74) is 3.44. The van der Waals surface area contributed by atoms with Crippen LogP contribution in [-0.4, -0.2) is 27.5 Å². The first-order valence-corrected chi connectivity index (χ1v) is 8.16. The molecule has 0 fully saturated rings. The number of nitrogens with zero attached hydrogens (tertiary/aromatic N) is 2. The minimum atomic E-state index is -5.17. The predicted octanol–water partition coefficient (Wildman–Crippen LogP) is 2.88. The van der Waals surface area contributed by atoms with E-state index >= 15 is 0 Å². The fourth-order valence-corrected chi connectivity index (χ4v) is 1.74. The van der Waals surface area contributed by atoms with Gasteiger partial charge in [0, 0.05) is 47.1 Å². The first-order valence-electron chi connectivity index (χ1n) is 6.83. The average molecular weight is 360 g/mol. The second kappa shape index (κ2) is 8.73. The van der Waals surface area contributed by atoms with Crippen molar-refractivity contribution in [2.75, 3.05) is 0 Å². The molecule has 128 valence electrons. The van der Waals surface area contributed by atoms with E-state index in [1.165, 1.54) is 0 Å². The highest BCUT2D eigenvalue weighted by Gasteiger charge is 2.01. The van der Waals surface area contributed by atoms with Crippen molar-refractivity contribution >= 4 is 32.6 Å². The summed E-state index contributed by atoms with van der Waals surface area (Å²) >= 11 is 0. The molecule has 0 unspecified atom stereocenters. The molecule has 0 aromatic carbocycles. The van der Waals surface area contributed by atoms with Crippen LogP contribution in [0, 0.1) is 0 Å². The van der Waals surface area contributed by atoms with Gasteiger partial charge in [-0.1, -0.05) is 0 Å². The van der Waals surface area contributed by atoms with Crippen LogP contribution in [0.3, 0.4) is 0 Å². The standard InChI is InChI=1S/2C8H6NO.H2O4S/c2*1-4-8-7(9-5-1)3-2-6-10-8;1-5(2,3)4/h2*1-6H;(H2,1,2,3,4)/q2*+1;/p-2. The van der Waals surface area contributed by atoms with Gasteiger partial charge in [0.15, 0.2) is 11.0 Å². The maximum atomic E-state index is 8.52. The summed E-state index contributed by atoms with van der Waals surface area (Å²) in [4.78, 5) is 8.17. The number of hydrogen-bond acceptors (Lipinski definition) is 6. The fourth-order valence-electron chi connectivity index (χ4n) is 1.74. The van der Waals surface area contributed by atoms with E-state index in [9.17, 15) is 0 Å². The predicted molar refractivity (Wildman–Crippen MR) is 87.3 cm³/mol. The monoisotopic (exact) mass is 360 g/mol. The molecule has 9 heteroatoms. The van der Waals surface area contributed by atoms with Gasteiger partial charge in [0.1, 0.15) is 0 Å². The molecule has 0 N–H and O–H groups in total. The van der Waals surface area contributed by atoms with Gasteiger partial charge in [-0.05, 0) is 24.3 Å². The lowest BCUT2D eigenvalue weighted by Gasteiger charge is -2.06. The zero-order chi connectivity index (χ0) is 18.1. The molecule has 4 aromatic rings. The van der Waals surface area contributed by atoms with E-state index in [1.54, 1.807) is 24.9 Å². The molecule has 4 heterocycles. The van der Waals surface area contributed by atoms with Gasteiger partial charge in [-0.2, -0.15) is 0 Å². The van der Waals surface area contributed by atoms with Crippen LogP contribution in [0.15, 0.2) is 82.3 Å². The third-order valence-electron chi connectivity index (χ3n) is 2.65. The van der Waals surface area contributed by atoms with E-state index in [0.29, 0.717) is 0 Å². The highest BCUT2D eigenvalue weighted by Crippen LogP contribution is 2.08. The molecule has 0 spiro atoms. The number of hydrogen-bond donors (Lipinski definition) is 0. The Hall–Kier alpha value is -3.01. The van der Waals surface area contributed by atoms with Crippen LogP contribution in [0.25, 0.3) is 22.2 Å². The van der Waals surface area contributed by atoms with Crippen LogP contribution in [0.4, 0.5) is 0 Å². The molecule has 0 aliphatic carbocycles. The summed E-state index contributed by atoms with van der Waals surface area (Å²) in [6.07, 6.45) is 6.78. The number of aromatic nitrogens is 2. The Morgan fingerprint density at radius 3 is 1.48 bits per heavy atom. The molecular formula is C16H12N2O6S. The molecule has 4 aromatic heterocycles. The van der Waals surface area contributed by atoms with E-state index in [0.717, 1.165) is 22.2 Å². The molecule has 0 atom stereocenters. The number of pyridine rings is 2. The third-order valence-corrected chi connectivity index (χ3v) is 2.65. The van der Waals surface area contributed by atoms with Gasteiger partial charge >= 0.3 is 23.7 Å². The van der Waals surface area contributed by atoms with Gasteiger partial charge in [0.2, 0.25) is 0 Å². The molecular weight excluding hydrogens is 348 g/mol. The van der Waals surface area contributed by atoms with Gasteiger partial charge in [-0.15, -0.1) is 0 Å². The van der Waals surface area contributed by atoms with Gasteiger partial charge in [-0.3, -0.25) is 8.42 Å². The SMILES string of the molecule is O=S(=O)([O-])[O-].c1c[o+]c2cccnc2c1.c1c[o+]c2cccnc2c1. The zero-order valence-corrected chi connectivity index (χ0v) is 13.5. The van der Waals surface area contributed by atoms with E-state index in [2.05, 4.69) is 9.97 Å². The molecule has 0 radical (unpaired) electrons. The lowest BCUT2D eigenvalue weighted by atomic mass is 10.3. The summed E-state index contributed by atoms with van der Waals surface area (Å²) in [5.74, 6) is 0. The first kappa shape index (κ1) is 18.3. The van der Waals surface area contributed by atoms with E-state index < -0.39 is 10.4 Å². The number of rotatable bonds is 0. The Balaban J connectivity index is 0.000000144. The van der Waals surface area contributed by atoms with Crippen molar-refractivity contribution in [3.05, 3.63) is 73.5 Å². The van der Waals surface area contributed by atoms with Crippen molar-refractivity contribution in [1.29, 1.82) is 0 Å². The highest BCUT2D eigenvalue weighted by atomic mass is 32.3. The highest BCUT2D eigenvalue weighted by molar-refractivity contribution is 7.79. The maximum absolute atomic E-state index is 8.52. The van der Waals surface area contributed by atoms with Crippen LogP contribution >= 0.6 is 0 Å². The topological polar surface area (TPSA) is 129 Å². The second-order valence-electron chi connectivity index (χ2n) is 4.41. The van der Waals surface area contributed by atoms with Crippen LogP contribution in [0.2, 0.25) is 0 Å². The Morgan fingerprint density at radius 1 is 0.720 bits per heavy atom. The molecule has 0 amide bonds. The Labute approximate surface area is 143 Å². The van der Waals surface area contributed by atoms with Crippen molar-refractivity contribution in [2.45, 2.75) is 0 Å². The zero-order valence-electron chi connectivity index (χ0n) is 12.7. The van der Waals surface area contributed by atoms with Gasteiger partial charge in [-0.25, -0.2) is 18.8 Å². The van der Waals surface area contributed by atoms with Crippen molar-refractivity contribution in [3.8, 4) is 0 Å². The van der Waals surface area contributed by atoms with Crippen LogP contribution in [0.1, 0.15) is 0 Å². The van der Waals surface area contributed by atoms with Crippen molar-refractivity contribution in [1.82, 2.24) is 9.97 Å². The molecule has 0 aliphatic rings. The van der Waals surface area contributed by atoms with Crippen molar-refractivity contribution in [2.24, 2.45) is 0 Å². The minimum Gasteiger partial charge on any atom is -0.759 e. The normalized spacial score (nSPS) is 10.3. The van der Waals surface area contributed by atoms with Crippen molar-refractivity contribution in [3.63, 3.8) is 0 Å². The summed E-state index contributed by atoms with van der Waals surface area (Å²) < 4.78 is 44.4. The van der Waals surface area contributed by atoms with E-state index in [1.807, 2.05) is 48.5 Å². The minimum absolute atomic E-state index is 0.824. The molecule has 0 saturated heterocycles. The molecule has 0 aliphatic heterocycles. The number of fused-ring (bicyclic) bond motifs is 2. The summed E-state index contributed by atoms with van der Waals surface area (Å²) in [7, 11) is -5.17. The summed E-state index contributed by atoms with van der Waals surface area (Å²) in [5, 5.41) is 0. The smallest absolute Gasteiger partial charge is 0.377 e. The Bertz CT molecular complexity index is 846. The second-order valence-corrected chi connectivity index (χ2v) is 5.22. The molecule has 8 nitrogen and oxygen atoms in total. The van der Waals surface area contributed by atoms with E-state index in [4.69, 9.17) is 26.4 Å². The Kier molecular flexibility index (Phi) is 6.40. The molecule has 0 bridgehead atoms. The first-order chi connectivity index (χ1) is 11.9. The van der Waals surface area contributed by atoms with Crippen molar-refractivity contribution < 1.29 is 26.4 Å². The Morgan fingerprint density at radius 2 is 1.12 bits per heavy atom. The average Bonchev–Trinajstić information content (AvgIpc) is 2.61. The molecule has 4 rings (SSSR count). The van der Waals surface area contributed by atoms with Crippen LogP contribution in [0.5, 0.6) is 0 Å². The lowest BCUT2D eigenvalue weighted by Crippen LogP contribution is -1.91. The maximum Gasteiger partial charge on any atom is 0.377 e. The van der Waals surface area contributed by atoms with E-state index in [-0.39, 0.29) is 0 Å². The third kappa shape index (κ3) is 6.96. The molecule has 25 heavy (non-hydrogen) atoms. The van der Waals surface area contributed by atoms with Gasteiger partial charge in [0.25, 0.3) is 0 Å². The van der Waals surface area contributed by atoms with Gasteiger partial charge < -0.3 is 9.11 Å². The summed E-state index contributed by atoms with van der Waals surface area (Å²) in [6.45, 7) is 0. The molecule has 0 saturated carbocycles. The van der Waals surface area contributed by atoms with Gasteiger partial charge in [0.05, 0.1) is 0 Å². The van der Waals surface area contributed by atoms with Crippen LogP contribution < -0.4 is 0 Å². The lowest BCUT2D eigenvalue weighted by molar-refractivity contribution is 0.352. The van der Waals surface area contributed by atoms with Crippen LogP contribution in [-0.2, 0) is 10.4 Å². The summed E-state index contributed by atoms with van der Waals surface area (Å²) in [6, 6.07) is 15.0. The fraction of sp³-hybridized carbons (Fsp3) is 0. The quantitative estimate of drug-likeness (QED) is 0.266. The largest absolute Gasteiger partial charge is 0.759 e.